The number of ketones is 1. The third kappa shape index (κ3) is 11.3. The summed E-state index contributed by atoms with van der Waals surface area (Å²) in [5, 5.41) is 0. The van der Waals surface area contributed by atoms with Gasteiger partial charge in [0.15, 0.2) is 0 Å². The minimum Gasteiger partial charge on any atom is -0.303 e. The molecule has 0 unspecified atom stereocenters. The second-order valence-electron chi connectivity index (χ2n) is 4.07. The Hall–Kier alpha value is -0.660. The van der Waals surface area contributed by atoms with Gasteiger partial charge in [0, 0.05) is 19.3 Å². The maximum absolute atomic E-state index is 11.0. The summed E-state index contributed by atoms with van der Waals surface area (Å²) in [4.78, 5) is 21.0. The largest absolute Gasteiger partial charge is 0.303 e. The number of Topliss-reactive ketones (excluding diaryl/α,β-unsaturated/α-hetero) is 1. The first kappa shape index (κ1) is 14.3. The predicted molar refractivity (Wildman–Crippen MR) is 62.9 cm³/mol. The molecule has 0 saturated heterocycles. The summed E-state index contributed by atoms with van der Waals surface area (Å²) in [6, 6.07) is 0. The molecule has 0 atom stereocenters. The number of unbranched alkanes of at least 4 members (excludes halogenated alkanes) is 7. The molecule has 0 heterocycles. The molecule has 0 aromatic rings. The Morgan fingerprint density at radius 3 is 2.00 bits per heavy atom. The molecule has 0 fully saturated rings. The molecule has 0 saturated carbocycles. The van der Waals surface area contributed by atoms with Crippen molar-refractivity contribution in [2.75, 3.05) is 0 Å². The number of hydrogen-bond acceptors (Lipinski definition) is 2. The Labute approximate surface area is 93.4 Å². The molecule has 0 aliphatic carbocycles. The molecule has 15 heavy (non-hydrogen) atoms. The lowest BCUT2D eigenvalue weighted by atomic mass is 10.1. The highest BCUT2D eigenvalue weighted by atomic mass is 16.1. The lowest BCUT2D eigenvalue weighted by Crippen LogP contribution is -1.94. The van der Waals surface area contributed by atoms with E-state index in [0.717, 1.165) is 25.5 Å². The highest BCUT2D eigenvalue weighted by molar-refractivity contribution is 5.77. The molecule has 0 bridgehead atoms. The van der Waals surface area contributed by atoms with Crippen LogP contribution in [0.3, 0.4) is 0 Å². The summed E-state index contributed by atoms with van der Waals surface area (Å²) in [7, 11) is 0. The monoisotopic (exact) mass is 212 g/mol. The van der Waals surface area contributed by atoms with Gasteiger partial charge in [-0.1, -0.05) is 39.0 Å². The van der Waals surface area contributed by atoms with E-state index in [0.29, 0.717) is 18.6 Å². The minimum absolute atomic E-state index is 0.390. The highest BCUT2D eigenvalue weighted by Crippen LogP contribution is 2.09. The standard InChI is InChI=1S/C13H24O2/c1-2-13(15)11-9-7-5-3-4-6-8-10-12-14/h12H,2-11H2,1H3. The molecule has 0 aliphatic heterocycles. The second-order valence-corrected chi connectivity index (χ2v) is 4.07. The van der Waals surface area contributed by atoms with Crippen LogP contribution in [0.1, 0.15) is 71.1 Å². The van der Waals surface area contributed by atoms with Crippen molar-refractivity contribution in [2.45, 2.75) is 71.1 Å². The summed E-state index contributed by atoms with van der Waals surface area (Å²) < 4.78 is 0. The van der Waals surface area contributed by atoms with Crippen LogP contribution in [0.5, 0.6) is 0 Å². The van der Waals surface area contributed by atoms with Gasteiger partial charge >= 0.3 is 0 Å². The van der Waals surface area contributed by atoms with Crippen LogP contribution in [-0.2, 0) is 9.59 Å². The Morgan fingerprint density at radius 1 is 0.933 bits per heavy atom. The molecular weight excluding hydrogens is 188 g/mol. The highest BCUT2D eigenvalue weighted by Gasteiger charge is 1.97. The molecular formula is C13H24O2. The summed E-state index contributed by atoms with van der Waals surface area (Å²) in [5.41, 5.74) is 0. The Kier molecular flexibility index (Phi) is 10.9. The first-order chi connectivity index (χ1) is 7.31. The summed E-state index contributed by atoms with van der Waals surface area (Å²) in [6.45, 7) is 1.93. The quantitative estimate of drug-likeness (QED) is 0.387. The molecule has 0 rings (SSSR count). The third-order valence-corrected chi connectivity index (χ3v) is 2.67. The fraction of sp³-hybridized carbons (Fsp3) is 0.846. The van der Waals surface area contributed by atoms with Crippen LogP contribution in [0.2, 0.25) is 0 Å². The van der Waals surface area contributed by atoms with E-state index in [1.165, 1.54) is 32.1 Å². The van der Waals surface area contributed by atoms with Gasteiger partial charge in [0.1, 0.15) is 12.1 Å². The average molecular weight is 212 g/mol. The molecule has 0 aromatic heterocycles. The molecule has 0 radical (unpaired) electrons. The van der Waals surface area contributed by atoms with Crippen molar-refractivity contribution < 1.29 is 9.59 Å². The van der Waals surface area contributed by atoms with E-state index in [4.69, 9.17) is 0 Å². The molecule has 0 amide bonds. The minimum atomic E-state index is 0.390. The van der Waals surface area contributed by atoms with Gasteiger partial charge in [-0.05, 0) is 12.8 Å². The molecule has 0 spiro atoms. The predicted octanol–water partition coefficient (Wildman–Crippen LogP) is 3.68. The molecule has 2 heteroatoms. The van der Waals surface area contributed by atoms with Gasteiger partial charge < -0.3 is 4.79 Å². The lowest BCUT2D eigenvalue weighted by molar-refractivity contribution is -0.118. The van der Waals surface area contributed by atoms with Gasteiger partial charge in [0.05, 0.1) is 0 Å². The van der Waals surface area contributed by atoms with E-state index in [1.54, 1.807) is 0 Å². The number of rotatable bonds is 11. The molecule has 0 N–H and O–H groups in total. The Bertz CT molecular complexity index is 164. The van der Waals surface area contributed by atoms with Crippen molar-refractivity contribution in [2.24, 2.45) is 0 Å². The maximum Gasteiger partial charge on any atom is 0.132 e. The Balaban J connectivity index is 2.98. The average Bonchev–Trinajstić information content (AvgIpc) is 2.26. The van der Waals surface area contributed by atoms with Crippen LogP contribution in [0, 0.1) is 0 Å². The van der Waals surface area contributed by atoms with Gasteiger partial charge in [0.25, 0.3) is 0 Å². The van der Waals surface area contributed by atoms with Crippen LogP contribution in [0.25, 0.3) is 0 Å². The zero-order valence-electron chi connectivity index (χ0n) is 9.96. The van der Waals surface area contributed by atoms with E-state index in [2.05, 4.69) is 0 Å². The summed E-state index contributed by atoms with van der Waals surface area (Å²) >= 11 is 0. The van der Waals surface area contributed by atoms with Crippen molar-refractivity contribution in [3.8, 4) is 0 Å². The van der Waals surface area contributed by atoms with E-state index < -0.39 is 0 Å². The van der Waals surface area contributed by atoms with Crippen LogP contribution >= 0.6 is 0 Å². The van der Waals surface area contributed by atoms with Crippen LogP contribution in [-0.4, -0.2) is 12.1 Å². The second kappa shape index (κ2) is 11.4. The van der Waals surface area contributed by atoms with E-state index in [9.17, 15) is 9.59 Å². The van der Waals surface area contributed by atoms with Crippen molar-refractivity contribution in [3.63, 3.8) is 0 Å². The van der Waals surface area contributed by atoms with E-state index >= 15 is 0 Å². The fourth-order valence-electron chi connectivity index (χ4n) is 1.61. The van der Waals surface area contributed by atoms with Crippen LogP contribution < -0.4 is 0 Å². The van der Waals surface area contributed by atoms with Crippen molar-refractivity contribution in [3.05, 3.63) is 0 Å². The van der Waals surface area contributed by atoms with E-state index in [-0.39, 0.29) is 0 Å². The van der Waals surface area contributed by atoms with Crippen molar-refractivity contribution in [1.82, 2.24) is 0 Å². The van der Waals surface area contributed by atoms with Crippen LogP contribution in [0.15, 0.2) is 0 Å². The number of carbonyl (C=O) groups excluding carboxylic acids is 2. The summed E-state index contributed by atoms with van der Waals surface area (Å²) in [5.74, 6) is 0.390. The smallest absolute Gasteiger partial charge is 0.132 e. The van der Waals surface area contributed by atoms with Gasteiger partial charge in [0.2, 0.25) is 0 Å². The van der Waals surface area contributed by atoms with Gasteiger partial charge in [-0.3, -0.25) is 4.79 Å². The number of carbonyl (C=O) groups is 2. The van der Waals surface area contributed by atoms with Crippen molar-refractivity contribution >= 4 is 12.1 Å². The number of hydrogen-bond donors (Lipinski definition) is 0. The van der Waals surface area contributed by atoms with Crippen LogP contribution in [0.4, 0.5) is 0 Å². The molecule has 0 aromatic carbocycles. The van der Waals surface area contributed by atoms with Crippen molar-refractivity contribution in [1.29, 1.82) is 0 Å². The van der Waals surface area contributed by atoms with Gasteiger partial charge in [-0.15, -0.1) is 0 Å². The topological polar surface area (TPSA) is 34.1 Å². The first-order valence-corrected chi connectivity index (χ1v) is 6.26. The van der Waals surface area contributed by atoms with E-state index in [1.807, 2.05) is 6.92 Å². The van der Waals surface area contributed by atoms with Gasteiger partial charge in [-0.2, -0.15) is 0 Å². The lowest BCUT2D eigenvalue weighted by Gasteiger charge is -2.00. The third-order valence-electron chi connectivity index (χ3n) is 2.67. The summed E-state index contributed by atoms with van der Waals surface area (Å²) in [6.07, 6.45) is 11.3. The Morgan fingerprint density at radius 2 is 1.47 bits per heavy atom. The maximum atomic E-state index is 11.0. The normalized spacial score (nSPS) is 10.2. The molecule has 0 aliphatic rings. The van der Waals surface area contributed by atoms with Gasteiger partial charge in [-0.25, -0.2) is 0 Å². The number of aldehydes is 1. The zero-order valence-corrected chi connectivity index (χ0v) is 9.96. The zero-order chi connectivity index (χ0) is 11.4. The molecule has 88 valence electrons. The SMILES string of the molecule is CCC(=O)CCCCCCCCCC=O. The molecule has 2 nitrogen and oxygen atoms in total. The fourth-order valence-corrected chi connectivity index (χ4v) is 1.61. The first-order valence-electron chi connectivity index (χ1n) is 6.26.